The second-order valence-electron chi connectivity index (χ2n) is 4.67. The molecule has 0 heterocycles. The minimum atomic E-state index is -0.284. The van der Waals surface area contributed by atoms with Crippen molar-refractivity contribution in [2.24, 2.45) is 5.73 Å². The minimum absolute atomic E-state index is 0.234. The van der Waals surface area contributed by atoms with E-state index in [1.807, 2.05) is 25.1 Å². The molecule has 106 valence electrons. The van der Waals surface area contributed by atoms with Crippen molar-refractivity contribution >= 4 is 0 Å². The van der Waals surface area contributed by atoms with Gasteiger partial charge in [-0.25, -0.2) is 4.39 Å². The number of halogens is 1. The molecule has 20 heavy (non-hydrogen) atoms. The summed E-state index contributed by atoms with van der Waals surface area (Å²) in [5.74, 6) is 1.61. The van der Waals surface area contributed by atoms with Crippen molar-refractivity contribution in [1.29, 1.82) is 0 Å². The summed E-state index contributed by atoms with van der Waals surface area (Å²) >= 11 is 0. The van der Waals surface area contributed by atoms with E-state index in [9.17, 15) is 4.39 Å². The van der Waals surface area contributed by atoms with Gasteiger partial charge in [-0.3, -0.25) is 0 Å². The maximum Gasteiger partial charge on any atom is 0.135 e. The van der Waals surface area contributed by atoms with Crippen LogP contribution >= 0.6 is 0 Å². The first-order valence-corrected chi connectivity index (χ1v) is 6.39. The van der Waals surface area contributed by atoms with E-state index in [0.29, 0.717) is 17.2 Å². The minimum Gasteiger partial charge on any atom is -0.496 e. The van der Waals surface area contributed by atoms with E-state index < -0.39 is 0 Å². The van der Waals surface area contributed by atoms with E-state index in [2.05, 4.69) is 0 Å². The average Bonchev–Trinajstić information content (AvgIpc) is 2.41. The Balaban J connectivity index is 2.43. The van der Waals surface area contributed by atoms with Crippen LogP contribution < -0.4 is 15.2 Å². The zero-order valence-corrected chi connectivity index (χ0v) is 11.8. The second-order valence-corrected chi connectivity index (χ2v) is 4.67. The summed E-state index contributed by atoms with van der Waals surface area (Å²) in [5, 5.41) is 0. The molecule has 0 spiro atoms. The molecule has 2 rings (SSSR count). The monoisotopic (exact) mass is 275 g/mol. The Kier molecular flexibility index (Phi) is 4.25. The van der Waals surface area contributed by atoms with Crippen molar-refractivity contribution in [1.82, 2.24) is 0 Å². The van der Waals surface area contributed by atoms with Gasteiger partial charge in [0.15, 0.2) is 0 Å². The largest absolute Gasteiger partial charge is 0.496 e. The smallest absolute Gasteiger partial charge is 0.135 e. The van der Waals surface area contributed by atoms with Gasteiger partial charge in [-0.2, -0.15) is 0 Å². The van der Waals surface area contributed by atoms with Crippen molar-refractivity contribution in [3.8, 4) is 17.2 Å². The quantitative estimate of drug-likeness (QED) is 0.918. The van der Waals surface area contributed by atoms with E-state index in [-0.39, 0.29) is 11.9 Å². The lowest BCUT2D eigenvalue weighted by Crippen LogP contribution is -2.08. The van der Waals surface area contributed by atoms with E-state index in [4.69, 9.17) is 15.2 Å². The number of ether oxygens (including phenoxy) is 2. The molecule has 0 saturated heterocycles. The fourth-order valence-corrected chi connectivity index (χ4v) is 2.09. The normalized spacial score (nSPS) is 12.1. The van der Waals surface area contributed by atoms with Crippen molar-refractivity contribution in [3.63, 3.8) is 0 Å². The standard InChI is InChI=1S/C16H18FNO2/c1-10-9-12(17)7-8-13(10)20-15-6-4-5-14(19-3)16(15)11(2)18/h4-9,11H,18H2,1-3H3/t11-/m0/s1. The molecule has 0 aromatic heterocycles. The van der Waals surface area contributed by atoms with Gasteiger partial charge in [0, 0.05) is 6.04 Å². The fraction of sp³-hybridized carbons (Fsp3) is 0.250. The van der Waals surface area contributed by atoms with Gasteiger partial charge in [-0.05, 0) is 49.7 Å². The highest BCUT2D eigenvalue weighted by Gasteiger charge is 2.15. The lowest BCUT2D eigenvalue weighted by atomic mass is 10.1. The molecule has 4 heteroatoms. The molecule has 0 fully saturated rings. The number of hydrogen-bond donors (Lipinski definition) is 1. The van der Waals surface area contributed by atoms with Crippen LogP contribution in [0.3, 0.4) is 0 Å². The molecule has 2 N–H and O–H groups in total. The van der Waals surface area contributed by atoms with Crippen LogP contribution in [0.5, 0.6) is 17.2 Å². The molecule has 0 radical (unpaired) electrons. The highest BCUT2D eigenvalue weighted by atomic mass is 19.1. The third-order valence-corrected chi connectivity index (χ3v) is 3.06. The van der Waals surface area contributed by atoms with Crippen LogP contribution in [0.1, 0.15) is 24.1 Å². The third kappa shape index (κ3) is 2.91. The van der Waals surface area contributed by atoms with Crippen molar-refractivity contribution < 1.29 is 13.9 Å². The molecule has 0 aliphatic heterocycles. The Bertz CT molecular complexity index is 611. The van der Waals surface area contributed by atoms with E-state index in [0.717, 1.165) is 11.1 Å². The maximum atomic E-state index is 13.1. The molecule has 3 nitrogen and oxygen atoms in total. The first kappa shape index (κ1) is 14.3. The molecular weight excluding hydrogens is 257 g/mol. The molecule has 2 aromatic carbocycles. The number of aryl methyl sites for hydroxylation is 1. The Labute approximate surface area is 118 Å². The van der Waals surface area contributed by atoms with Crippen LogP contribution in [-0.4, -0.2) is 7.11 Å². The first-order valence-electron chi connectivity index (χ1n) is 6.39. The molecule has 0 aliphatic carbocycles. The number of nitrogens with two attached hydrogens (primary N) is 1. The van der Waals surface area contributed by atoms with Crippen molar-refractivity contribution in [2.75, 3.05) is 7.11 Å². The third-order valence-electron chi connectivity index (χ3n) is 3.06. The molecule has 0 saturated carbocycles. The predicted molar refractivity (Wildman–Crippen MR) is 76.8 cm³/mol. The fourth-order valence-electron chi connectivity index (χ4n) is 2.09. The zero-order chi connectivity index (χ0) is 14.7. The Morgan fingerprint density at radius 1 is 1.10 bits per heavy atom. The number of rotatable bonds is 4. The second kappa shape index (κ2) is 5.92. The van der Waals surface area contributed by atoms with Crippen LogP contribution in [0.15, 0.2) is 36.4 Å². The van der Waals surface area contributed by atoms with Gasteiger partial charge in [0.05, 0.1) is 12.7 Å². The molecule has 0 aliphatic rings. The summed E-state index contributed by atoms with van der Waals surface area (Å²) in [6, 6.07) is 9.66. The summed E-state index contributed by atoms with van der Waals surface area (Å²) in [6.07, 6.45) is 0. The summed E-state index contributed by atoms with van der Waals surface area (Å²) < 4.78 is 24.3. The topological polar surface area (TPSA) is 44.5 Å². The number of benzene rings is 2. The van der Waals surface area contributed by atoms with Gasteiger partial charge in [-0.15, -0.1) is 0 Å². The van der Waals surface area contributed by atoms with Gasteiger partial charge in [-0.1, -0.05) is 6.07 Å². The molecule has 0 amide bonds. The van der Waals surface area contributed by atoms with Crippen LogP contribution in [0.4, 0.5) is 4.39 Å². The van der Waals surface area contributed by atoms with E-state index in [1.54, 1.807) is 20.1 Å². The predicted octanol–water partition coefficient (Wildman–Crippen LogP) is 3.95. The summed E-state index contributed by atoms with van der Waals surface area (Å²) in [5.41, 5.74) is 7.50. The lowest BCUT2D eigenvalue weighted by molar-refractivity contribution is 0.397. The highest BCUT2D eigenvalue weighted by molar-refractivity contribution is 5.49. The SMILES string of the molecule is COc1cccc(Oc2ccc(F)cc2C)c1[C@H](C)N. The van der Waals surface area contributed by atoms with Gasteiger partial charge >= 0.3 is 0 Å². The molecule has 0 unspecified atom stereocenters. The van der Waals surface area contributed by atoms with Crippen molar-refractivity contribution in [2.45, 2.75) is 19.9 Å². The Morgan fingerprint density at radius 2 is 1.80 bits per heavy atom. The average molecular weight is 275 g/mol. The summed E-state index contributed by atoms with van der Waals surface area (Å²) in [4.78, 5) is 0. The summed E-state index contributed by atoms with van der Waals surface area (Å²) in [6.45, 7) is 3.66. The lowest BCUT2D eigenvalue weighted by Gasteiger charge is -2.18. The van der Waals surface area contributed by atoms with Crippen LogP contribution in [0, 0.1) is 12.7 Å². The van der Waals surface area contributed by atoms with E-state index in [1.165, 1.54) is 12.1 Å². The number of methoxy groups -OCH3 is 1. The zero-order valence-electron chi connectivity index (χ0n) is 11.8. The van der Waals surface area contributed by atoms with Gasteiger partial charge in [0.25, 0.3) is 0 Å². The summed E-state index contributed by atoms with van der Waals surface area (Å²) in [7, 11) is 1.59. The molecular formula is C16H18FNO2. The molecule has 0 bridgehead atoms. The van der Waals surface area contributed by atoms with Gasteiger partial charge in [0.2, 0.25) is 0 Å². The number of hydrogen-bond acceptors (Lipinski definition) is 3. The van der Waals surface area contributed by atoms with Crippen LogP contribution in [-0.2, 0) is 0 Å². The highest BCUT2D eigenvalue weighted by Crippen LogP contribution is 2.36. The van der Waals surface area contributed by atoms with Gasteiger partial charge < -0.3 is 15.2 Å². The van der Waals surface area contributed by atoms with Crippen LogP contribution in [0.2, 0.25) is 0 Å². The van der Waals surface area contributed by atoms with Crippen molar-refractivity contribution in [3.05, 3.63) is 53.3 Å². The molecule has 2 aromatic rings. The Hall–Kier alpha value is -2.07. The first-order chi connectivity index (χ1) is 9.52. The van der Waals surface area contributed by atoms with E-state index >= 15 is 0 Å². The van der Waals surface area contributed by atoms with Gasteiger partial charge in [0.1, 0.15) is 23.1 Å². The maximum absolute atomic E-state index is 13.1. The molecule has 1 atom stereocenters. The van der Waals surface area contributed by atoms with Crippen LogP contribution in [0.25, 0.3) is 0 Å². The Morgan fingerprint density at radius 3 is 2.40 bits per heavy atom.